The topological polar surface area (TPSA) is 35.5 Å². The van der Waals surface area contributed by atoms with Crippen LogP contribution in [0, 0.1) is 0 Å². The van der Waals surface area contributed by atoms with E-state index >= 15 is 0 Å². The molecule has 0 radical (unpaired) electrons. The molecule has 0 aromatic carbocycles. The van der Waals surface area contributed by atoms with E-state index in [0.29, 0.717) is 0 Å². The van der Waals surface area contributed by atoms with E-state index in [4.69, 9.17) is 0 Å². The number of ketones is 1. The zero-order valence-electron chi connectivity index (χ0n) is 7.14. The monoisotopic (exact) mass is 190 g/mol. The van der Waals surface area contributed by atoms with Crippen LogP contribution in [0.1, 0.15) is 0 Å². The van der Waals surface area contributed by atoms with Crippen LogP contribution in [-0.2, 0) is 14.3 Å². The third kappa shape index (κ3) is 1.54. The molecule has 1 rings (SSSR count). The molecule has 3 nitrogen and oxygen atoms in total. The van der Waals surface area contributed by atoms with Crippen LogP contribution in [-0.4, -0.2) is 25.9 Å². The highest BCUT2D eigenvalue weighted by molar-refractivity contribution is 6.01. The van der Waals surface area contributed by atoms with Crippen molar-refractivity contribution in [3.63, 3.8) is 0 Å². The van der Waals surface area contributed by atoms with Crippen LogP contribution < -0.4 is 0 Å². The molecule has 0 aromatic heterocycles. The summed E-state index contributed by atoms with van der Waals surface area (Å²) in [5.41, 5.74) is 0. The summed E-state index contributed by atoms with van der Waals surface area (Å²) < 4.78 is 35.1. The van der Waals surface area contributed by atoms with E-state index < -0.39 is 23.2 Å². The number of hydrogen-bond acceptors (Lipinski definition) is 3. The molecule has 0 atom stereocenters. The molecule has 0 bridgehead atoms. The van der Waals surface area contributed by atoms with Crippen molar-refractivity contribution in [1.82, 2.24) is 0 Å². The lowest BCUT2D eigenvalue weighted by molar-refractivity contribution is -0.112. The van der Waals surface area contributed by atoms with E-state index in [1.807, 2.05) is 0 Å². The van der Waals surface area contributed by atoms with Gasteiger partial charge in [0.1, 0.15) is 0 Å². The molecule has 1 aliphatic rings. The van der Waals surface area contributed by atoms with Crippen molar-refractivity contribution in [2.75, 3.05) is 14.2 Å². The molecule has 13 heavy (non-hydrogen) atoms. The SMILES string of the molecule is COC1=CC(=O)C=C(OC)C1(F)F. The van der Waals surface area contributed by atoms with Crippen LogP contribution in [0.5, 0.6) is 0 Å². The highest BCUT2D eigenvalue weighted by Crippen LogP contribution is 2.35. The van der Waals surface area contributed by atoms with Gasteiger partial charge in [-0.2, -0.15) is 8.78 Å². The molecule has 0 heterocycles. The zero-order chi connectivity index (χ0) is 10.1. The normalized spacial score (nSPS) is 20.5. The Morgan fingerprint density at radius 1 is 1.15 bits per heavy atom. The van der Waals surface area contributed by atoms with E-state index in [2.05, 4.69) is 9.47 Å². The lowest BCUT2D eigenvalue weighted by Crippen LogP contribution is -2.29. The molecule has 0 unspecified atom stereocenters. The molecule has 0 saturated carbocycles. The maximum Gasteiger partial charge on any atom is 0.360 e. The van der Waals surface area contributed by atoms with Crippen LogP contribution in [0.25, 0.3) is 0 Å². The zero-order valence-corrected chi connectivity index (χ0v) is 7.14. The summed E-state index contributed by atoms with van der Waals surface area (Å²) >= 11 is 0. The van der Waals surface area contributed by atoms with Gasteiger partial charge < -0.3 is 9.47 Å². The van der Waals surface area contributed by atoms with Crippen LogP contribution in [0.2, 0.25) is 0 Å². The average molecular weight is 190 g/mol. The molecular formula is C8H8F2O3. The Morgan fingerprint density at radius 3 is 1.85 bits per heavy atom. The second-order valence-corrected chi connectivity index (χ2v) is 2.40. The number of rotatable bonds is 2. The van der Waals surface area contributed by atoms with E-state index in [1.165, 1.54) is 0 Å². The largest absolute Gasteiger partial charge is 0.494 e. The van der Waals surface area contributed by atoms with E-state index in [1.54, 1.807) is 0 Å². The lowest BCUT2D eigenvalue weighted by Gasteiger charge is -2.22. The number of ether oxygens (including phenoxy) is 2. The molecule has 0 fully saturated rings. The lowest BCUT2D eigenvalue weighted by atomic mass is 10.1. The van der Waals surface area contributed by atoms with Crippen molar-refractivity contribution in [2.45, 2.75) is 5.92 Å². The summed E-state index contributed by atoms with van der Waals surface area (Å²) in [6.07, 6.45) is 1.48. The minimum atomic E-state index is -3.35. The first-order chi connectivity index (χ1) is 6.02. The molecule has 0 amide bonds. The second-order valence-electron chi connectivity index (χ2n) is 2.40. The molecule has 1 aliphatic carbocycles. The van der Waals surface area contributed by atoms with Gasteiger partial charge in [0.15, 0.2) is 17.3 Å². The summed E-state index contributed by atoms with van der Waals surface area (Å²) in [7, 11) is 2.15. The van der Waals surface area contributed by atoms with Crippen molar-refractivity contribution in [3.8, 4) is 0 Å². The fourth-order valence-electron chi connectivity index (χ4n) is 0.977. The Balaban J connectivity index is 3.09. The molecule has 0 aromatic rings. The van der Waals surface area contributed by atoms with Crippen LogP contribution in [0.15, 0.2) is 23.7 Å². The Kier molecular flexibility index (Phi) is 2.36. The molecule has 0 spiro atoms. The van der Waals surface area contributed by atoms with Gasteiger partial charge in [-0.25, -0.2) is 0 Å². The molecule has 0 N–H and O–H groups in total. The summed E-state index contributed by atoms with van der Waals surface area (Å²) in [5.74, 6) is -5.31. The maximum atomic E-state index is 13.2. The minimum absolute atomic E-state index is 0.570. The van der Waals surface area contributed by atoms with Crippen molar-refractivity contribution in [2.24, 2.45) is 0 Å². The predicted octanol–water partition coefficient (Wildman–Crippen LogP) is 1.26. The first-order valence-corrected chi connectivity index (χ1v) is 3.46. The van der Waals surface area contributed by atoms with Crippen LogP contribution in [0.4, 0.5) is 8.78 Å². The van der Waals surface area contributed by atoms with Crippen LogP contribution in [0.3, 0.4) is 0 Å². The molecule has 72 valence electrons. The van der Waals surface area contributed by atoms with E-state index in [0.717, 1.165) is 26.4 Å². The Morgan fingerprint density at radius 2 is 1.54 bits per heavy atom. The first-order valence-electron chi connectivity index (χ1n) is 3.46. The number of allylic oxidation sites excluding steroid dienone is 2. The van der Waals surface area contributed by atoms with Gasteiger partial charge in [-0.15, -0.1) is 0 Å². The van der Waals surface area contributed by atoms with Gasteiger partial charge in [-0.3, -0.25) is 4.79 Å². The van der Waals surface area contributed by atoms with Crippen molar-refractivity contribution < 1.29 is 23.0 Å². The third-order valence-electron chi connectivity index (χ3n) is 1.61. The standard InChI is InChI=1S/C8H8F2O3/c1-12-6-3-5(11)4-7(13-2)8(6,9)10/h3-4H,1-2H3. The fraction of sp³-hybridized carbons (Fsp3) is 0.375. The van der Waals surface area contributed by atoms with Gasteiger partial charge in [-0.05, 0) is 0 Å². The van der Waals surface area contributed by atoms with Crippen molar-refractivity contribution >= 4 is 5.78 Å². The molecular weight excluding hydrogens is 182 g/mol. The predicted molar refractivity (Wildman–Crippen MR) is 40.1 cm³/mol. The molecule has 0 saturated heterocycles. The number of carbonyl (C=O) groups is 1. The number of carbonyl (C=O) groups excluding carboxylic acids is 1. The Bertz CT molecular complexity index is 266. The minimum Gasteiger partial charge on any atom is -0.494 e. The quantitative estimate of drug-likeness (QED) is 0.657. The van der Waals surface area contributed by atoms with Crippen LogP contribution >= 0.6 is 0 Å². The highest BCUT2D eigenvalue weighted by atomic mass is 19.3. The number of hydrogen-bond donors (Lipinski definition) is 0. The van der Waals surface area contributed by atoms with Gasteiger partial charge in [0.25, 0.3) is 0 Å². The Hall–Kier alpha value is -1.39. The smallest absolute Gasteiger partial charge is 0.360 e. The number of halogens is 2. The second kappa shape index (κ2) is 3.16. The van der Waals surface area contributed by atoms with Crippen molar-refractivity contribution in [1.29, 1.82) is 0 Å². The molecule has 0 aliphatic heterocycles. The summed E-state index contributed by atoms with van der Waals surface area (Å²) in [5, 5.41) is 0. The fourth-order valence-corrected chi connectivity index (χ4v) is 0.977. The third-order valence-corrected chi connectivity index (χ3v) is 1.61. The van der Waals surface area contributed by atoms with Crippen molar-refractivity contribution in [3.05, 3.63) is 23.7 Å². The summed E-state index contributed by atoms with van der Waals surface area (Å²) in [4.78, 5) is 10.8. The summed E-state index contributed by atoms with van der Waals surface area (Å²) in [6, 6.07) is 0. The van der Waals surface area contributed by atoms with Gasteiger partial charge in [-0.1, -0.05) is 0 Å². The van der Waals surface area contributed by atoms with Gasteiger partial charge in [0, 0.05) is 12.2 Å². The number of methoxy groups -OCH3 is 2. The maximum absolute atomic E-state index is 13.2. The van der Waals surface area contributed by atoms with Gasteiger partial charge in [0.2, 0.25) is 0 Å². The molecule has 5 heteroatoms. The van der Waals surface area contributed by atoms with Gasteiger partial charge in [0.05, 0.1) is 14.2 Å². The van der Waals surface area contributed by atoms with E-state index in [-0.39, 0.29) is 0 Å². The number of alkyl halides is 2. The summed E-state index contributed by atoms with van der Waals surface area (Å²) in [6.45, 7) is 0. The van der Waals surface area contributed by atoms with Gasteiger partial charge >= 0.3 is 5.92 Å². The highest BCUT2D eigenvalue weighted by Gasteiger charge is 2.44. The van der Waals surface area contributed by atoms with E-state index in [9.17, 15) is 13.6 Å². The average Bonchev–Trinajstić information content (AvgIpc) is 2.08. The Labute approximate surface area is 73.6 Å². The first kappa shape index (κ1) is 9.70.